The lowest BCUT2D eigenvalue weighted by Crippen LogP contribution is -2.29. The van der Waals surface area contributed by atoms with Crippen LogP contribution in [0.5, 0.6) is 5.88 Å². The highest BCUT2D eigenvalue weighted by Crippen LogP contribution is 2.36. The van der Waals surface area contributed by atoms with Crippen molar-refractivity contribution in [3.05, 3.63) is 12.1 Å². The van der Waals surface area contributed by atoms with E-state index in [-0.39, 0.29) is 6.10 Å². The number of ether oxygens (including phenoxy) is 1. The number of anilines is 2. The first-order valence-corrected chi connectivity index (χ1v) is 7.80. The van der Waals surface area contributed by atoms with E-state index < -0.39 is 0 Å². The van der Waals surface area contributed by atoms with Gasteiger partial charge in [-0.3, -0.25) is 0 Å². The summed E-state index contributed by atoms with van der Waals surface area (Å²) in [5, 5.41) is 0. The summed E-state index contributed by atoms with van der Waals surface area (Å²) in [5.41, 5.74) is 6.58. The molecule has 0 aliphatic heterocycles. The number of rotatable bonds is 7. The number of nitrogens with two attached hydrogens (primary N) is 1. The number of pyridine rings is 1. The van der Waals surface area contributed by atoms with Crippen molar-refractivity contribution in [2.45, 2.75) is 45.6 Å². The number of nitrogen functional groups attached to an aromatic ring is 1. The Morgan fingerprint density at radius 3 is 2.30 bits per heavy atom. The first-order valence-electron chi connectivity index (χ1n) is 7.80. The molecule has 2 fully saturated rings. The molecule has 3 rings (SSSR count). The Kier molecular flexibility index (Phi) is 3.72. The van der Waals surface area contributed by atoms with E-state index >= 15 is 0 Å². The largest absolute Gasteiger partial charge is 0.473 e. The van der Waals surface area contributed by atoms with Gasteiger partial charge < -0.3 is 15.4 Å². The molecule has 0 bridgehead atoms. The molecule has 2 aliphatic rings. The molecule has 0 radical (unpaired) electrons. The van der Waals surface area contributed by atoms with Crippen molar-refractivity contribution in [3.63, 3.8) is 0 Å². The average molecular weight is 275 g/mol. The van der Waals surface area contributed by atoms with Gasteiger partial charge in [-0.25, -0.2) is 0 Å². The van der Waals surface area contributed by atoms with E-state index in [1.165, 1.54) is 25.7 Å². The first kappa shape index (κ1) is 13.5. The third-order valence-corrected chi connectivity index (χ3v) is 3.90. The summed E-state index contributed by atoms with van der Waals surface area (Å²) in [5.74, 6) is 3.33. The van der Waals surface area contributed by atoms with E-state index in [1.54, 1.807) is 0 Å². The first-order chi connectivity index (χ1) is 9.61. The van der Waals surface area contributed by atoms with E-state index in [2.05, 4.69) is 9.88 Å². The maximum atomic E-state index is 5.96. The van der Waals surface area contributed by atoms with Crippen LogP contribution in [0, 0.1) is 11.8 Å². The van der Waals surface area contributed by atoms with Crippen LogP contribution in [0.2, 0.25) is 0 Å². The fourth-order valence-corrected chi connectivity index (χ4v) is 2.42. The van der Waals surface area contributed by atoms with Crippen LogP contribution in [0.1, 0.15) is 39.5 Å². The van der Waals surface area contributed by atoms with Crippen molar-refractivity contribution in [2.75, 3.05) is 23.7 Å². The second-order valence-corrected chi connectivity index (χ2v) is 6.52. The molecule has 4 heteroatoms. The standard InChI is InChI=1S/C16H25N3O/c1-11(2)20-16-14(17)7-8-15(18-16)19(9-12-3-4-12)10-13-5-6-13/h7-8,11-13H,3-6,9-10,17H2,1-2H3. The van der Waals surface area contributed by atoms with Crippen LogP contribution in [0.4, 0.5) is 11.5 Å². The molecule has 110 valence electrons. The SMILES string of the molecule is CC(C)Oc1nc(N(CC2CC2)CC2CC2)ccc1N. The van der Waals surface area contributed by atoms with Crippen LogP contribution in [0.3, 0.4) is 0 Å². The molecule has 2 aliphatic carbocycles. The van der Waals surface area contributed by atoms with Crippen molar-refractivity contribution in [1.29, 1.82) is 0 Å². The minimum absolute atomic E-state index is 0.0976. The van der Waals surface area contributed by atoms with Crippen LogP contribution < -0.4 is 15.4 Å². The molecule has 0 atom stereocenters. The van der Waals surface area contributed by atoms with Crippen molar-refractivity contribution in [3.8, 4) is 5.88 Å². The average Bonchev–Trinajstić information content (AvgIpc) is 3.25. The zero-order valence-corrected chi connectivity index (χ0v) is 12.5. The molecule has 4 nitrogen and oxygen atoms in total. The summed E-state index contributed by atoms with van der Waals surface area (Å²) >= 11 is 0. The van der Waals surface area contributed by atoms with Crippen molar-refractivity contribution in [2.24, 2.45) is 11.8 Å². The molecule has 1 aromatic heterocycles. The zero-order valence-electron chi connectivity index (χ0n) is 12.5. The van der Waals surface area contributed by atoms with E-state index in [0.29, 0.717) is 11.6 Å². The van der Waals surface area contributed by atoms with Crippen LogP contribution in [-0.4, -0.2) is 24.2 Å². The van der Waals surface area contributed by atoms with Crippen LogP contribution in [0.15, 0.2) is 12.1 Å². The molecule has 0 unspecified atom stereocenters. The van der Waals surface area contributed by atoms with Gasteiger partial charge in [0.15, 0.2) is 0 Å². The molecule has 0 amide bonds. The van der Waals surface area contributed by atoms with Gasteiger partial charge in [-0.1, -0.05) is 0 Å². The number of aromatic nitrogens is 1. The van der Waals surface area contributed by atoms with Gasteiger partial charge in [-0.2, -0.15) is 4.98 Å². The topological polar surface area (TPSA) is 51.4 Å². The summed E-state index contributed by atoms with van der Waals surface area (Å²) in [4.78, 5) is 7.09. The lowest BCUT2D eigenvalue weighted by Gasteiger charge is -2.24. The Morgan fingerprint density at radius 2 is 1.80 bits per heavy atom. The Morgan fingerprint density at radius 1 is 1.20 bits per heavy atom. The lowest BCUT2D eigenvalue weighted by atomic mass is 10.3. The minimum Gasteiger partial charge on any atom is -0.473 e. The second kappa shape index (κ2) is 5.51. The minimum atomic E-state index is 0.0976. The Hall–Kier alpha value is -1.45. The third-order valence-electron chi connectivity index (χ3n) is 3.90. The second-order valence-electron chi connectivity index (χ2n) is 6.52. The zero-order chi connectivity index (χ0) is 14.1. The van der Waals surface area contributed by atoms with Gasteiger partial charge in [0.1, 0.15) is 5.82 Å². The Bertz CT molecular complexity index is 453. The lowest BCUT2D eigenvalue weighted by molar-refractivity contribution is 0.234. The van der Waals surface area contributed by atoms with Gasteiger partial charge in [0, 0.05) is 13.1 Å². The van der Waals surface area contributed by atoms with Gasteiger partial charge in [0.25, 0.3) is 0 Å². The van der Waals surface area contributed by atoms with E-state index in [1.807, 2.05) is 26.0 Å². The molecule has 1 heterocycles. The highest BCUT2D eigenvalue weighted by Gasteiger charge is 2.30. The predicted octanol–water partition coefficient (Wildman–Crippen LogP) is 3.08. The van der Waals surface area contributed by atoms with Crippen molar-refractivity contribution < 1.29 is 4.74 Å². The van der Waals surface area contributed by atoms with Gasteiger partial charge in [-0.15, -0.1) is 0 Å². The predicted molar refractivity (Wildman–Crippen MR) is 82.1 cm³/mol. The molecule has 0 aromatic carbocycles. The quantitative estimate of drug-likeness (QED) is 0.831. The van der Waals surface area contributed by atoms with Gasteiger partial charge in [0.05, 0.1) is 11.8 Å². The van der Waals surface area contributed by atoms with Gasteiger partial charge >= 0.3 is 0 Å². The number of hydrogen-bond donors (Lipinski definition) is 1. The summed E-state index contributed by atoms with van der Waals surface area (Å²) in [6.07, 6.45) is 5.56. The van der Waals surface area contributed by atoms with E-state index in [9.17, 15) is 0 Å². The molecule has 2 saturated carbocycles. The fourth-order valence-electron chi connectivity index (χ4n) is 2.42. The van der Waals surface area contributed by atoms with Crippen LogP contribution in [-0.2, 0) is 0 Å². The highest BCUT2D eigenvalue weighted by atomic mass is 16.5. The van der Waals surface area contributed by atoms with E-state index in [4.69, 9.17) is 10.5 Å². The van der Waals surface area contributed by atoms with Gasteiger partial charge in [0.2, 0.25) is 5.88 Å². The number of nitrogens with zero attached hydrogens (tertiary/aromatic N) is 2. The highest BCUT2D eigenvalue weighted by molar-refractivity contribution is 5.54. The number of hydrogen-bond acceptors (Lipinski definition) is 4. The Labute approximate surface area is 121 Å². The van der Waals surface area contributed by atoms with E-state index in [0.717, 1.165) is 30.7 Å². The maximum absolute atomic E-state index is 5.96. The van der Waals surface area contributed by atoms with Crippen LogP contribution >= 0.6 is 0 Å². The van der Waals surface area contributed by atoms with Crippen molar-refractivity contribution >= 4 is 11.5 Å². The molecule has 2 N–H and O–H groups in total. The molecule has 0 spiro atoms. The van der Waals surface area contributed by atoms with Crippen LogP contribution in [0.25, 0.3) is 0 Å². The summed E-state index contributed by atoms with van der Waals surface area (Å²) in [6.45, 7) is 6.27. The van der Waals surface area contributed by atoms with Crippen molar-refractivity contribution in [1.82, 2.24) is 4.98 Å². The normalized spacial score (nSPS) is 18.4. The molecule has 0 saturated heterocycles. The molecule has 20 heavy (non-hydrogen) atoms. The Balaban J connectivity index is 1.77. The monoisotopic (exact) mass is 275 g/mol. The molecule has 1 aromatic rings. The molecular formula is C16H25N3O. The third kappa shape index (κ3) is 3.56. The van der Waals surface area contributed by atoms with Gasteiger partial charge in [-0.05, 0) is 63.5 Å². The maximum Gasteiger partial charge on any atom is 0.239 e. The summed E-state index contributed by atoms with van der Waals surface area (Å²) in [6, 6.07) is 3.96. The summed E-state index contributed by atoms with van der Waals surface area (Å²) < 4.78 is 5.71. The summed E-state index contributed by atoms with van der Waals surface area (Å²) in [7, 11) is 0. The fraction of sp³-hybridized carbons (Fsp3) is 0.688. The smallest absolute Gasteiger partial charge is 0.239 e. The molecular weight excluding hydrogens is 250 g/mol.